The van der Waals surface area contributed by atoms with Gasteiger partial charge in [0, 0.05) is 44.7 Å². The van der Waals surface area contributed by atoms with Gasteiger partial charge in [-0.2, -0.15) is 0 Å². The minimum atomic E-state index is 0.0161. The summed E-state index contributed by atoms with van der Waals surface area (Å²) < 4.78 is 15.4. The van der Waals surface area contributed by atoms with Crippen LogP contribution in [0.25, 0.3) is 27.5 Å². The molecule has 1 saturated heterocycles. The lowest BCUT2D eigenvalue weighted by atomic mass is 9.99. The molecule has 0 N–H and O–H groups in total. The minimum Gasteiger partial charge on any atom is -0.498 e. The Balaban J connectivity index is 1.56. The highest BCUT2D eigenvalue weighted by Crippen LogP contribution is 2.32. The molecule has 196 valence electrons. The van der Waals surface area contributed by atoms with E-state index in [2.05, 4.69) is 62.3 Å². The third kappa shape index (κ3) is 5.29. The molecule has 1 aliphatic carbocycles. The van der Waals surface area contributed by atoms with Gasteiger partial charge in [-0.25, -0.2) is 4.79 Å². The summed E-state index contributed by atoms with van der Waals surface area (Å²) in [7, 11) is 6.01. The van der Waals surface area contributed by atoms with Crippen LogP contribution in [0.3, 0.4) is 0 Å². The Kier molecular flexibility index (Phi) is 7.63. The second kappa shape index (κ2) is 11.1. The van der Waals surface area contributed by atoms with Gasteiger partial charge in [0.2, 0.25) is 0 Å². The Hall–Kier alpha value is -3.16. The molecule has 2 aromatic heterocycles. The van der Waals surface area contributed by atoms with Gasteiger partial charge in [-0.1, -0.05) is 30.7 Å². The fourth-order valence-electron chi connectivity index (χ4n) is 5.36. The van der Waals surface area contributed by atoms with Crippen LogP contribution in [0.2, 0.25) is 0 Å². The topological polar surface area (TPSA) is 61.5 Å². The Morgan fingerprint density at radius 1 is 1.19 bits per heavy atom. The maximum atomic E-state index is 13.3. The SMILES string of the molecule is CCC1=CC(c2ccc3ncc4c(c3c2)n(C2CCOCC2)c(=O)n4C)=CC=C(OCCCN(C)C)C1. The Bertz CT molecular complexity index is 1430. The van der Waals surface area contributed by atoms with Crippen molar-refractivity contribution in [3.8, 4) is 0 Å². The second-order valence-electron chi connectivity index (χ2n) is 10.4. The predicted octanol–water partition coefficient (Wildman–Crippen LogP) is 5.22. The fraction of sp³-hybridized carbons (Fsp3) is 0.467. The van der Waals surface area contributed by atoms with Gasteiger partial charge in [-0.15, -0.1) is 0 Å². The summed E-state index contributed by atoms with van der Waals surface area (Å²) in [5.74, 6) is 1.02. The van der Waals surface area contributed by atoms with Gasteiger partial charge >= 0.3 is 5.69 Å². The third-order valence-electron chi connectivity index (χ3n) is 7.51. The van der Waals surface area contributed by atoms with Crippen LogP contribution in [0.15, 0.2) is 58.8 Å². The van der Waals surface area contributed by atoms with E-state index in [1.165, 1.54) is 5.57 Å². The van der Waals surface area contributed by atoms with Crippen molar-refractivity contribution in [1.29, 1.82) is 0 Å². The number of aryl methyl sites for hydroxylation is 1. The zero-order chi connectivity index (χ0) is 25.9. The van der Waals surface area contributed by atoms with E-state index < -0.39 is 0 Å². The number of hydrogen-bond acceptors (Lipinski definition) is 5. The second-order valence-corrected chi connectivity index (χ2v) is 10.4. The summed E-state index contributed by atoms with van der Waals surface area (Å²) in [6.07, 6.45) is 12.9. The molecule has 3 aromatic rings. The number of hydrogen-bond donors (Lipinski definition) is 0. The number of benzene rings is 1. The van der Waals surface area contributed by atoms with Crippen LogP contribution in [-0.2, 0) is 16.5 Å². The van der Waals surface area contributed by atoms with Crippen molar-refractivity contribution in [1.82, 2.24) is 19.0 Å². The van der Waals surface area contributed by atoms with Crippen LogP contribution >= 0.6 is 0 Å². The average Bonchev–Trinajstić information content (AvgIpc) is 3.04. The van der Waals surface area contributed by atoms with Gasteiger partial charge in [0.05, 0.1) is 35.1 Å². The summed E-state index contributed by atoms with van der Waals surface area (Å²) >= 11 is 0. The number of imidazole rings is 1. The zero-order valence-electron chi connectivity index (χ0n) is 22.5. The van der Waals surface area contributed by atoms with Gasteiger partial charge in [0.15, 0.2) is 0 Å². The van der Waals surface area contributed by atoms with Crippen molar-refractivity contribution in [2.75, 3.05) is 40.5 Å². The summed E-state index contributed by atoms with van der Waals surface area (Å²) in [5.41, 5.74) is 6.37. The largest absolute Gasteiger partial charge is 0.498 e. The van der Waals surface area contributed by atoms with Crippen molar-refractivity contribution in [3.63, 3.8) is 0 Å². The molecule has 0 bridgehead atoms. The number of pyridine rings is 1. The van der Waals surface area contributed by atoms with E-state index in [-0.39, 0.29) is 11.7 Å². The molecule has 37 heavy (non-hydrogen) atoms. The number of aromatic nitrogens is 3. The van der Waals surface area contributed by atoms with E-state index in [1.54, 1.807) is 4.57 Å². The molecule has 7 heteroatoms. The van der Waals surface area contributed by atoms with Crippen LogP contribution in [0.5, 0.6) is 0 Å². The maximum Gasteiger partial charge on any atom is 0.329 e. The summed E-state index contributed by atoms with van der Waals surface area (Å²) in [6, 6.07) is 6.54. The molecule has 5 rings (SSSR count). The molecule has 0 unspecified atom stereocenters. The molecular formula is C30H38N4O3. The maximum absolute atomic E-state index is 13.3. The number of allylic oxidation sites excluding steroid dienone is 5. The summed E-state index contributed by atoms with van der Waals surface area (Å²) in [4.78, 5) is 20.2. The van der Waals surface area contributed by atoms with E-state index in [0.29, 0.717) is 13.2 Å². The van der Waals surface area contributed by atoms with Crippen LogP contribution in [0.4, 0.5) is 0 Å². The summed E-state index contributed by atoms with van der Waals surface area (Å²) in [5, 5.41) is 1.01. The number of rotatable bonds is 8. The molecule has 7 nitrogen and oxygen atoms in total. The molecule has 1 fully saturated rings. The van der Waals surface area contributed by atoms with Gasteiger partial charge in [0.1, 0.15) is 0 Å². The minimum absolute atomic E-state index is 0.0161. The molecule has 1 aromatic carbocycles. The first-order valence-corrected chi connectivity index (χ1v) is 13.4. The lowest BCUT2D eigenvalue weighted by Crippen LogP contribution is -2.29. The van der Waals surface area contributed by atoms with Crippen LogP contribution in [-0.4, -0.2) is 59.5 Å². The van der Waals surface area contributed by atoms with Gasteiger partial charge in [0.25, 0.3) is 0 Å². The van der Waals surface area contributed by atoms with Crippen LogP contribution < -0.4 is 5.69 Å². The number of nitrogens with zero attached hydrogens (tertiary/aromatic N) is 4. The normalized spacial score (nSPS) is 17.2. The van der Waals surface area contributed by atoms with Gasteiger partial charge in [-0.05, 0) is 69.1 Å². The van der Waals surface area contributed by atoms with Crippen molar-refractivity contribution in [3.05, 3.63) is 70.0 Å². The molecule has 1 aliphatic heterocycles. The standard InChI is InChI=1S/C30H38N4O3/c1-5-21-17-22(7-9-25(18-21)37-14-6-13-32(2)3)23-8-10-27-26(19-23)29-28(20-31-27)33(4)30(35)34(29)24-11-15-36-16-12-24/h7-10,17,19-20,24H,5-6,11-16,18H2,1-4H3. The highest BCUT2D eigenvalue weighted by atomic mass is 16.5. The molecule has 0 atom stereocenters. The Labute approximate surface area is 218 Å². The molecule has 0 amide bonds. The Morgan fingerprint density at radius 2 is 2.00 bits per heavy atom. The highest BCUT2D eigenvalue weighted by molar-refractivity contribution is 6.03. The fourth-order valence-corrected chi connectivity index (χ4v) is 5.36. The van der Waals surface area contributed by atoms with Crippen LogP contribution in [0.1, 0.15) is 50.6 Å². The van der Waals surface area contributed by atoms with E-state index in [1.807, 2.05) is 17.8 Å². The van der Waals surface area contributed by atoms with Crippen molar-refractivity contribution in [2.45, 2.75) is 45.1 Å². The first-order chi connectivity index (χ1) is 18.0. The first kappa shape index (κ1) is 25.5. The zero-order valence-corrected chi connectivity index (χ0v) is 22.5. The van der Waals surface area contributed by atoms with E-state index in [0.717, 1.165) is 84.1 Å². The number of fused-ring (bicyclic) bond motifs is 3. The lowest BCUT2D eigenvalue weighted by Gasteiger charge is -2.23. The van der Waals surface area contributed by atoms with Gasteiger partial charge in [-0.3, -0.25) is 14.1 Å². The molecule has 0 radical (unpaired) electrons. The molecule has 0 spiro atoms. The molecule has 0 saturated carbocycles. The monoisotopic (exact) mass is 502 g/mol. The van der Waals surface area contributed by atoms with E-state index >= 15 is 0 Å². The predicted molar refractivity (Wildman–Crippen MR) is 150 cm³/mol. The smallest absolute Gasteiger partial charge is 0.329 e. The number of ether oxygens (including phenoxy) is 2. The summed E-state index contributed by atoms with van der Waals surface area (Å²) in [6.45, 7) is 5.31. The highest BCUT2D eigenvalue weighted by Gasteiger charge is 2.23. The van der Waals surface area contributed by atoms with Gasteiger partial charge < -0.3 is 14.4 Å². The van der Waals surface area contributed by atoms with Crippen molar-refractivity contribution >= 4 is 27.5 Å². The quantitative estimate of drug-likeness (QED) is 0.396. The van der Waals surface area contributed by atoms with E-state index in [4.69, 9.17) is 14.5 Å². The molecule has 3 heterocycles. The average molecular weight is 503 g/mol. The van der Waals surface area contributed by atoms with E-state index in [9.17, 15) is 4.79 Å². The third-order valence-corrected chi connectivity index (χ3v) is 7.51. The lowest BCUT2D eigenvalue weighted by molar-refractivity contribution is 0.0697. The first-order valence-electron chi connectivity index (χ1n) is 13.4. The van der Waals surface area contributed by atoms with Crippen LogP contribution in [0, 0.1) is 0 Å². The molecule has 2 aliphatic rings. The Morgan fingerprint density at radius 3 is 2.76 bits per heavy atom. The molecular weight excluding hydrogens is 464 g/mol. The van der Waals surface area contributed by atoms with Crippen molar-refractivity contribution < 1.29 is 9.47 Å². The van der Waals surface area contributed by atoms with Crippen molar-refractivity contribution in [2.24, 2.45) is 7.05 Å².